The second-order valence-corrected chi connectivity index (χ2v) is 4.59. The fourth-order valence-electron chi connectivity index (χ4n) is 2.01. The fraction of sp³-hybridized carbons (Fsp3) is 0.267. The summed E-state index contributed by atoms with van der Waals surface area (Å²) in [4.78, 5) is 27.1. The number of benzene rings is 1. The first-order valence-corrected chi connectivity index (χ1v) is 6.49. The van der Waals surface area contributed by atoms with Crippen LogP contribution in [0.5, 0.6) is 0 Å². The van der Waals surface area contributed by atoms with E-state index >= 15 is 0 Å². The predicted octanol–water partition coefficient (Wildman–Crippen LogP) is 2.22. The summed E-state index contributed by atoms with van der Waals surface area (Å²) < 4.78 is 0. The number of fused-ring (bicyclic) bond motifs is 1. The number of hydrogen-bond donors (Lipinski definition) is 2. The Morgan fingerprint density at radius 1 is 1.30 bits per heavy atom. The van der Waals surface area contributed by atoms with E-state index < -0.39 is 12.0 Å². The van der Waals surface area contributed by atoms with E-state index in [0.717, 1.165) is 10.8 Å². The molecule has 1 amide bonds. The minimum atomic E-state index is -1.01. The molecule has 0 radical (unpaired) electrons. The van der Waals surface area contributed by atoms with Crippen LogP contribution in [-0.4, -0.2) is 28.0 Å². The van der Waals surface area contributed by atoms with E-state index in [1.807, 2.05) is 13.0 Å². The smallest absolute Gasteiger partial charge is 0.326 e. The zero-order chi connectivity index (χ0) is 14.5. The van der Waals surface area contributed by atoms with Gasteiger partial charge in [0.2, 0.25) is 0 Å². The summed E-state index contributed by atoms with van der Waals surface area (Å²) in [6.07, 6.45) is 4.48. The number of carbonyl (C=O) groups excluding carboxylic acids is 1. The first kappa shape index (κ1) is 14.0. The first-order valence-electron chi connectivity index (χ1n) is 6.49. The molecule has 0 aliphatic rings. The molecule has 1 aromatic carbocycles. The van der Waals surface area contributed by atoms with Gasteiger partial charge in [-0.1, -0.05) is 19.4 Å². The van der Waals surface area contributed by atoms with E-state index in [9.17, 15) is 9.59 Å². The number of hydrogen-bond acceptors (Lipinski definition) is 3. The highest BCUT2D eigenvalue weighted by Crippen LogP contribution is 2.14. The molecule has 0 saturated carbocycles. The van der Waals surface area contributed by atoms with Crippen LogP contribution < -0.4 is 5.32 Å². The van der Waals surface area contributed by atoms with E-state index in [4.69, 9.17) is 5.11 Å². The molecule has 0 bridgehead atoms. The lowest BCUT2D eigenvalue weighted by molar-refractivity contribution is -0.139. The zero-order valence-corrected chi connectivity index (χ0v) is 11.2. The van der Waals surface area contributed by atoms with Crippen LogP contribution >= 0.6 is 0 Å². The molecule has 0 fully saturated rings. The molecule has 1 atom stereocenters. The van der Waals surface area contributed by atoms with Gasteiger partial charge < -0.3 is 10.4 Å². The summed E-state index contributed by atoms with van der Waals surface area (Å²) >= 11 is 0. The SMILES string of the molecule is CCCC(NC(=O)c1ccc2cnccc2c1)C(=O)O. The van der Waals surface area contributed by atoms with Gasteiger partial charge in [0.1, 0.15) is 6.04 Å². The van der Waals surface area contributed by atoms with Gasteiger partial charge >= 0.3 is 5.97 Å². The third kappa shape index (κ3) is 3.12. The van der Waals surface area contributed by atoms with Gasteiger partial charge in [0.15, 0.2) is 0 Å². The number of carbonyl (C=O) groups is 2. The number of carboxylic acid groups (broad SMARTS) is 1. The minimum absolute atomic E-state index is 0.371. The van der Waals surface area contributed by atoms with Gasteiger partial charge in [-0.15, -0.1) is 0 Å². The van der Waals surface area contributed by atoms with Crippen LogP contribution in [0.25, 0.3) is 10.8 Å². The Kier molecular flexibility index (Phi) is 4.30. The molecular weight excluding hydrogens is 256 g/mol. The van der Waals surface area contributed by atoms with E-state index in [1.54, 1.807) is 30.6 Å². The highest BCUT2D eigenvalue weighted by Gasteiger charge is 2.19. The van der Waals surface area contributed by atoms with E-state index in [-0.39, 0.29) is 5.91 Å². The molecule has 5 heteroatoms. The van der Waals surface area contributed by atoms with Crippen molar-refractivity contribution in [3.8, 4) is 0 Å². The third-order valence-electron chi connectivity index (χ3n) is 3.08. The van der Waals surface area contributed by atoms with E-state index in [0.29, 0.717) is 18.4 Å². The Morgan fingerprint density at radius 2 is 2.10 bits per heavy atom. The van der Waals surface area contributed by atoms with Gasteiger partial charge in [0.25, 0.3) is 5.91 Å². The Morgan fingerprint density at radius 3 is 2.80 bits per heavy atom. The molecule has 0 aliphatic heterocycles. The lowest BCUT2D eigenvalue weighted by atomic mass is 10.1. The molecule has 104 valence electrons. The number of rotatable bonds is 5. The average molecular weight is 272 g/mol. The predicted molar refractivity (Wildman–Crippen MR) is 75.5 cm³/mol. The molecule has 0 aliphatic carbocycles. The standard InChI is InChI=1S/C15H16N2O3/c1-2-3-13(15(19)20)17-14(18)11-4-5-12-9-16-7-6-10(12)8-11/h4-9,13H,2-3H2,1H3,(H,17,18)(H,19,20). The Hall–Kier alpha value is -2.43. The van der Waals surface area contributed by atoms with Gasteiger partial charge in [-0.25, -0.2) is 4.79 Å². The summed E-state index contributed by atoms with van der Waals surface area (Å²) in [5, 5.41) is 13.4. The third-order valence-corrected chi connectivity index (χ3v) is 3.08. The van der Waals surface area contributed by atoms with Gasteiger partial charge in [0.05, 0.1) is 0 Å². The fourth-order valence-corrected chi connectivity index (χ4v) is 2.01. The normalized spacial score (nSPS) is 12.1. The maximum Gasteiger partial charge on any atom is 0.326 e. The van der Waals surface area contributed by atoms with Gasteiger partial charge in [-0.2, -0.15) is 0 Å². The first-order chi connectivity index (χ1) is 9.61. The van der Waals surface area contributed by atoms with E-state index in [2.05, 4.69) is 10.3 Å². The molecule has 1 heterocycles. The zero-order valence-electron chi connectivity index (χ0n) is 11.2. The van der Waals surface area contributed by atoms with Crippen LogP contribution in [-0.2, 0) is 4.79 Å². The summed E-state index contributed by atoms with van der Waals surface area (Å²) in [6, 6.07) is 6.17. The van der Waals surface area contributed by atoms with Crippen molar-refractivity contribution in [2.75, 3.05) is 0 Å². The second-order valence-electron chi connectivity index (χ2n) is 4.59. The molecule has 0 saturated heterocycles. The van der Waals surface area contributed by atoms with Crippen molar-refractivity contribution >= 4 is 22.6 Å². The Labute approximate surface area is 116 Å². The van der Waals surface area contributed by atoms with Crippen LogP contribution in [0.15, 0.2) is 36.7 Å². The van der Waals surface area contributed by atoms with Crippen molar-refractivity contribution in [1.82, 2.24) is 10.3 Å². The van der Waals surface area contributed by atoms with Gasteiger partial charge in [0, 0.05) is 23.3 Å². The van der Waals surface area contributed by atoms with Crippen molar-refractivity contribution in [1.29, 1.82) is 0 Å². The van der Waals surface area contributed by atoms with Crippen LogP contribution in [0.4, 0.5) is 0 Å². The largest absolute Gasteiger partial charge is 0.480 e. The number of nitrogens with one attached hydrogen (secondary N) is 1. The van der Waals surface area contributed by atoms with Crippen molar-refractivity contribution < 1.29 is 14.7 Å². The van der Waals surface area contributed by atoms with Crippen molar-refractivity contribution in [2.45, 2.75) is 25.8 Å². The lowest BCUT2D eigenvalue weighted by Gasteiger charge is -2.13. The van der Waals surface area contributed by atoms with Gasteiger partial charge in [-0.3, -0.25) is 9.78 Å². The summed E-state index contributed by atoms with van der Waals surface area (Å²) in [7, 11) is 0. The molecule has 2 N–H and O–H groups in total. The highest BCUT2D eigenvalue weighted by atomic mass is 16.4. The molecule has 1 aromatic heterocycles. The van der Waals surface area contributed by atoms with Crippen LogP contribution in [0.2, 0.25) is 0 Å². The number of nitrogens with zero attached hydrogens (tertiary/aromatic N) is 1. The van der Waals surface area contributed by atoms with Crippen LogP contribution in [0.3, 0.4) is 0 Å². The number of pyridine rings is 1. The number of amides is 1. The molecule has 1 unspecified atom stereocenters. The number of carboxylic acids is 1. The summed E-state index contributed by atoms with van der Waals surface area (Å²) in [5.41, 5.74) is 0.450. The topological polar surface area (TPSA) is 79.3 Å². The summed E-state index contributed by atoms with van der Waals surface area (Å²) in [6.45, 7) is 1.88. The van der Waals surface area contributed by atoms with Gasteiger partial charge in [-0.05, 0) is 30.0 Å². The minimum Gasteiger partial charge on any atom is -0.480 e. The highest BCUT2D eigenvalue weighted by molar-refractivity contribution is 5.99. The monoisotopic (exact) mass is 272 g/mol. The van der Waals surface area contributed by atoms with Crippen molar-refractivity contribution in [2.24, 2.45) is 0 Å². The molecule has 20 heavy (non-hydrogen) atoms. The Bertz CT molecular complexity index is 640. The average Bonchev–Trinajstić information content (AvgIpc) is 2.46. The number of aliphatic carboxylic acids is 1. The molecule has 2 rings (SSSR count). The van der Waals surface area contributed by atoms with Crippen molar-refractivity contribution in [3.63, 3.8) is 0 Å². The number of aromatic nitrogens is 1. The second kappa shape index (κ2) is 6.14. The molecule has 2 aromatic rings. The molecule has 0 spiro atoms. The van der Waals surface area contributed by atoms with Crippen LogP contribution in [0.1, 0.15) is 30.1 Å². The van der Waals surface area contributed by atoms with Crippen LogP contribution in [0, 0.1) is 0 Å². The van der Waals surface area contributed by atoms with Crippen molar-refractivity contribution in [3.05, 3.63) is 42.2 Å². The summed E-state index contributed by atoms with van der Waals surface area (Å²) in [5.74, 6) is -1.38. The lowest BCUT2D eigenvalue weighted by Crippen LogP contribution is -2.40. The molecule has 5 nitrogen and oxygen atoms in total. The Balaban J connectivity index is 2.20. The maximum absolute atomic E-state index is 12.1. The quantitative estimate of drug-likeness (QED) is 0.874. The van der Waals surface area contributed by atoms with E-state index in [1.165, 1.54) is 0 Å². The molecular formula is C15H16N2O3. The maximum atomic E-state index is 12.1.